The molecule has 0 heterocycles. The summed E-state index contributed by atoms with van der Waals surface area (Å²) in [6.45, 7) is 0. The fourth-order valence-electron chi connectivity index (χ4n) is 2.04. The molecule has 0 aliphatic rings. The summed E-state index contributed by atoms with van der Waals surface area (Å²) in [7, 11) is 1.49. The summed E-state index contributed by atoms with van der Waals surface area (Å²) in [6.07, 6.45) is 0. The van der Waals surface area contributed by atoms with E-state index in [2.05, 4.69) is 5.32 Å². The van der Waals surface area contributed by atoms with Gasteiger partial charge in [0.2, 0.25) is 0 Å². The Hall–Kier alpha value is -1.67. The normalized spacial score (nSPS) is 11.1. The zero-order valence-corrected chi connectivity index (χ0v) is 16.5. The van der Waals surface area contributed by atoms with Crippen molar-refractivity contribution in [2.45, 2.75) is 14.4 Å². The maximum Gasteiger partial charge on any atom is 0.276 e. The van der Waals surface area contributed by atoms with Gasteiger partial charge in [-0.15, -0.1) is 11.8 Å². The van der Waals surface area contributed by atoms with E-state index in [4.69, 9.17) is 39.5 Å². The number of benzene rings is 2. The molecule has 2 aromatic rings. The summed E-state index contributed by atoms with van der Waals surface area (Å²) in [6, 6.07) is 11.3. The molecule has 10 heteroatoms. The van der Waals surface area contributed by atoms with Crippen LogP contribution in [-0.4, -0.2) is 21.7 Å². The Morgan fingerprint density at radius 2 is 1.96 bits per heavy atom. The van der Waals surface area contributed by atoms with Crippen LogP contribution in [0.1, 0.15) is 5.56 Å². The molecule has 2 aromatic carbocycles. The summed E-state index contributed by atoms with van der Waals surface area (Å²) in [5.41, 5.74) is 1.09. The van der Waals surface area contributed by atoms with Crippen LogP contribution in [0.2, 0.25) is 0 Å². The van der Waals surface area contributed by atoms with Gasteiger partial charge in [-0.1, -0.05) is 46.9 Å². The molecule has 0 saturated heterocycles. The van der Waals surface area contributed by atoms with Crippen molar-refractivity contribution in [1.29, 1.82) is 0 Å². The number of nitrogens with one attached hydrogen (secondary N) is 1. The van der Waals surface area contributed by atoms with Gasteiger partial charge in [-0.25, -0.2) is 0 Å². The molecule has 1 amide bonds. The highest BCUT2D eigenvalue weighted by molar-refractivity contribution is 7.98. The second-order valence-electron chi connectivity index (χ2n) is 4.99. The molecule has 138 valence electrons. The number of hydrogen-bond donors (Lipinski definition) is 1. The predicted octanol–water partition coefficient (Wildman–Crippen LogP) is 5.20. The summed E-state index contributed by atoms with van der Waals surface area (Å²) < 4.78 is 3.17. The number of para-hydroxylation sites is 1. The first kappa shape index (κ1) is 20.6. The molecule has 0 atom stereocenters. The van der Waals surface area contributed by atoms with Gasteiger partial charge < -0.3 is 10.1 Å². The smallest absolute Gasteiger partial charge is 0.276 e. The molecule has 0 radical (unpaired) electrons. The predicted molar refractivity (Wildman–Crippen MR) is 105 cm³/mol. The number of amides is 1. The van der Waals surface area contributed by atoms with Gasteiger partial charge in [0, 0.05) is 28.3 Å². The van der Waals surface area contributed by atoms with E-state index in [1.54, 1.807) is 30.3 Å². The number of ether oxygens (including phenoxy) is 1. The third-order valence-corrected chi connectivity index (χ3v) is 4.89. The number of hydrogen-bond acceptors (Lipinski definition) is 5. The van der Waals surface area contributed by atoms with Crippen molar-refractivity contribution >= 4 is 63.8 Å². The van der Waals surface area contributed by atoms with Gasteiger partial charge in [-0.3, -0.25) is 14.9 Å². The number of nitro benzene ring substituents is 1. The van der Waals surface area contributed by atoms with Gasteiger partial charge in [-0.2, -0.15) is 0 Å². The first-order valence-electron chi connectivity index (χ1n) is 7.13. The SMILES string of the molecule is COc1ccc([N+](=O)[O-])cc1CSc1ccccc1NC(=O)C(Cl)(Cl)Cl. The van der Waals surface area contributed by atoms with Crippen molar-refractivity contribution in [3.63, 3.8) is 0 Å². The fourth-order valence-corrected chi connectivity index (χ4v) is 3.16. The molecule has 0 aromatic heterocycles. The Labute approximate surface area is 168 Å². The molecule has 0 aliphatic carbocycles. The van der Waals surface area contributed by atoms with Crippen LogP contribution in [0, 0.1) is 10.1 Å². The number of methoxy groups -OCH3 is 1. The maximum atomic E-state index is 11.9. The minimum atomic E-state index is -2.08. The molecule has 0 saturated carbocycles. The number of rotatable bonds is 6. The van der Waals surface area contributed by atoms with E-state index in [0.29, 0.717) is 27.6 Å². The molecule has 26 heavy (non-hydrogen) atoms. The Balaban J connectivity index is 2.21. The monoisotopic (exact) mass is 434 g/mol. The van der Waals surface area contributed by atoms with E-state index in [1.807, 2.05) is 0 Å². The van der Waals surface area contributed by atoms with Crippen molar-refractivity contribution in [1.82, 2.24) is 0 Å². The Morgan fingerprint density at radius 1 is 1.27 bits per heavy atom. The van der Waals surface area contributed by atoms with E-state index in [-0.39, 0.29) is 5.69 Å². The maximum absolute atomic E-state index is 11.9. The number of non-ortho nitro benzene ring substituents is 1. The minimum Gasteiger partial charge on any atom is -0.496 e. The fraction of sp³-hybridized carbons (Fsp3) is 0.188. The van der Waals surface area contributed by atoms with Crippen LogP contribution in [0.5, 0.6) is 5.75 Å². The van der Waals surface area contributed by atoms with Crippen molar-refractivity contribution in [2.24, 2.45) is 0 Å². The molecular formula is C16H13Cl3N2O4S. The minimum absolute atomic E-state index is 0.0285. The van der Waals surface area contributed by atoms with Crippen molar-refractivity contribution in [2.75, 3.05) is 12.4 Å². The number of carbonyl (C=O) groups excluding carboxylic acids is 1. The topological polar surface area (TPSA) is 81.5 Å². The number of carbonyl (C=O) groups is 1. The lowest BCUT2D eigenvalue weighted by atomic mass is 10.2. The van der Waals surface area contributed by atoms with Crippen LogP contribution in [0.4, 0.5) is 11.4 Å². The number of nitro groups is 1. The van der Waals surface area contributed by atoms with Gasteiger partial charge in [0.15, 0.2) is 0 Å². The van der Waals surface area contributed by atoms with Crippen molar-refractivity contribution in [3.05, 3.63) is 58.1 Å². The second-order valence-corrected chi connectivity index (χ2v) is 8.29. The summed E-state index contributed by atoms with van der Waals surface area (Å²) in [5, 5.41) is 13.5. The summed E-state index contributed by atoms with van der Waals surface area (Å²) in [5.74, 6) is 0.139. The third-order valence-electron chi connectivity index (χ3n) is 3.25. The molecule has 0 spiro atoms. The number of thioether (sulfide) groups is 1. The molecule has 0 aliphatic heterocycles. The first-order chi connectivity index (χ1) is 12.2. The van der Waals surface area contributed by atoms with Crippen LogP contribution in [0.15, 0.2) is 47.4 Å². The second kappa shape index (κ2) is 8.81. The Bertz CT molecular complexity index is 827. The van der Waals surface area contributed by atoms with Crippen molar-refractivity contribution < 1.29 is 14.5 Å². The quantitative estimate of drug-likeness (QED) is 0.292. The summed E-state index contributed by atoms with van der Waals surface area (Å²) in [4.78, 5) is 23.1. The van der Waals surface area contributed by atoms with Crippen LogP contribution < -0.4 is 10.1 Å². The molecular weight excluding hydrogens is 423 g/mol. The van der Waals surface area contributed by atoms with Crippen molar-refractivity contribution in [3.8, 4) is 5.75 Å². The Kier molecular flexibility index (Phi) is 7.00. The van der Waals surface area contributed by atoms with Gasteiger partial charge in [0.25, 0.3) is 15.4 Å². The Morgan fingerprint density at radius 3 is 2.58 bits per heavy atom. The standard InChI is InChI=1S/C16H13Cl3N2O4S/c1-25-13-7-6-11(21(23)24)8-10(13)9-26-14-5-3-2-4-12(14)20-15(22)16(17,18)19/h2-8H,9H2,1H3,(H,20,22). The van der Waals surface area contributed by atoms with E-state index < -0.39 is 14.6 Å². The van der Waals surface area contributed by atoms with Crippen LogP contribution in [-0.2, 0) is 10.5 Å². The third kappa shape index (κ3) is 5.41. The number of nitrogens with zero attached hydrogens (tertiary/aromatic N) is 1. The average Bonchev–Trinajstić information content (AvgIpc) is 2.59. The van der Waals surface area contributed by atoms with E-state index in [1.165, 1.54) is 31.0 Å². The lowest BCUT2D eigenvalue weighted by Gasteiger charge is -2.15. The zero-order valence-electron chi connectivity index (χ0n) is 13.4. The lowest BCUT2D eigenvalue weighted by Crippen LogP contribution is -2.27. The zero-order chi connectivity index (χ0) is 19.3. The van der Waals surface area contributed by atoms with E-state index >= 15 is 0 Å². The summed E-state index contributed by atoms with van der Waals surface area (Å²) >= 11 is 18.1. The van der Waals surface area contributed by atoms with Crippen LogP contribution >= 0.6 is 46.6 Å². The molecule has 0 unspecified atom stereocenters. The molecule has 0 fully saturated rings. The highest BCUT2D eigenvalue weighted by Crippen LogP contribution is 2.35. The van der Waals surface area contributed by atoms with E-state index in [0.717, 1.165) is 0 Å². The molecule has 0 bridgehead atoms. The number of halogens is 3. The van der Waals surface area contributed by atoms with Crippen LogP contribution in [0.3, 0.4) is 0 Å². The van der Waals surface area contributed by atoms with Gasteiger partial charge in [0.05, 0.1) is 17.7 Å². The highest BCUT2D eigenvalue weighted by Gasteiger charge is 2.31. The van der Waals surface area contributed by atoms with Gasteiger partial charge in [0.1, 0.15) is 5.75 Å². The van der Waals surface area contributed by atoms with Gasteiger partial charge >= 0.3 is 0 Å². The average molecular weight is 436 g/mol. The highest BCUT2D eigenvalue weighted by atomic mass is 35.6. The largest absolute Gasteiger partial charge is 0.496 e. The molecule has 1 N–H and O–H groups in total. The molecule has 2 rings (SSSR count). The number of alkyl halides is 3. The molecule has 6 nitrogen and oxygen atoms in total. The number of anilines is 1. The van der Waals surface area contributed by atoms with Crippen LogP contribution in [0.25, 0.3) is 0 Å². The first-order valence-corrected chi connectivity index (χ1v) is 9.25. The van der Waals surface area contributed by atoms with Gasteiger partial charge in [-0.05, 0) is 18.2 Å². The lowest BCUT2D eigenvalue weighted by molar-refractivity contribution is -0.384. The van der Waals surface area contributed by atoms with E-state index in [9.17, 15) is 14.9 Å².